The molecule has 1 heterocycles. The smallest absolute Gasteiger partial charge is 0.334 e. The van der Waals surface area contributed by atoms with Crippen molar-refractivity contribution < 1.29 is 0 Å². The lowest BCUT2D eigenvalue weighted by atomic mass is 10.2. The van der Waals surface area contributed by atoms with Gasteiger partial charge in [0.2, 0.25) is 5.69 Å². The maximum Gasteiger partial charge on any atom is 0.334 e. The SMILES string of the molecule is Cc1ccc(-n2c(N)c(N=O)c(=O)[nH]c2=O)cc1. The van der Waals surface area contributed by atoms with Crippen molar-refractivity contribution in [3.05, 3.63) is 55.6 Å². The van der Waals surface area contributed by atoms with Crippen LogP contribution in [0.25, 0.3) is 5.69 Å². The Morgan fingerprint density at radius 2 is 1.83 bits per heavy atom. The largest absolute Gasteiger partial charge is 0.383 e. The van der Waals surface area contributed by atoms with Crippen LogP contribution in [0.1, 0.15) is 5.56 Å². The minimum Gasteiger partial charge on any atom is -0.383 e. The van der Waals surface area contributed by atoms with Gasteiger partial charge in [0.05, 0.1) is 5.69 Å². The van der Waals surface area contributed by atoms with Gasteiger partial charge in [0.1, 0.15) is 5.82 Å². The lowest BCUT2D eigenvalue weighted by molar-refractivity contribution is 0.907. The molecule has 0 radical (unpaired) electrons. The Morgan fingerprint density at radius 1 is 1.22 bits per heavy atom. The van der Waals surface area contributed by atoms with Crippen molar-refractivity contribution in [2.75, 3.05) is 5.73 Å². The fourth-order valence-electron chi connectivity index (χ4n) is 1.58. The van der Waals surface area contributed by atoms with Gasteiger partial charge in [0.25, 0.3) is 5.56 Å². The predicted octanol–water partition coefficient (Wildman–Crippen LogP) is 0.814. The quantitative estimate of drug-likeness (QED) is 0.764. The van der Waals surface area contributed by atoms with Gasteiger partial charge in [-0.05, 0) is 24.2 Å². The third-order valence-corrected chi connectivity index (χ3v) is 2.51. The Kier molecular flexibility index (Phi) is 2.80. The fraction of sp³-hybridized carbons (Fsp3) is 0.0909. The number of hydrogen-bond acceptors (Lipinski definition) is 5. The second-order valence-electron chi connectivity index (χ2n) is 3.76. The zero-order chi connectivity index (χ0) is 13.3. The van der Waals surface area contributed by atoms with E-state index in [1.165, 1.54) is 0 Å². The summed E-state index contributed by atoms with van der Waals surface area (Å²) in [5, 5.41) is 2.54. The van der Waals surface area contributed by atoms with Crippen molar-refractivity contribution >= 4 is 11.5 Å². The van der Waals surface area contributed by atoms with Crippen LogP contribution in [0.3, 0.4) is 0 Å². The minimum atomic E-state index is -0.893. The lowest BCUT2D eigenvalue weighted by Gasteiger charge is -2.09. The normalized spacial score (nSPS) is 10.3. The highest BCUT2D eigenvalue weighted by Gasteiger charge is 2.13. The summed E-state index contributed by atoms with van der Waals surface area (Å²) in [4.78, 5) is 35.5. The Balaban J connectivity index is 2.79. The van der Waals surface area contributed by atoms with Crippen molar-refractivity contribution in [1.29, 1.82) is 0 Å². The number of hydrogen-bond donors (Lipinski definition) is 2. The highest BCUT2D eigenvalue weighted by Crippen LogP contribution is 2.17. The molecule has 0 aliphatic rings. The number of aryl methyl sites for hydroxylation is 1. The summed E-state index contributed by atoms with van der Waals surface area (Å²) in [6, 6.07) is 6.86. The van der Waals surface area contributed by atoms with Gasteiger partial charge < -0.3 is 5.73 Å². The van der Waals surface area contributed by atoms with Gasteiger partial charge in [-0.3, -0.25) is 9.78 Å². The average Bonchev–Trinajstić information content (AvgIpc) is 2.31. The number of anilines is 1. The van der Waals surface area contributed by atoms with E-state index < -0.39 is 16.9 Å². The number of benzene rings is 1. The molecule has 0 unspecified atom stereocenters. The van der Waals surface area contributed by atoms with Gasteiger partial charge in [0, 0.05) is 0 Å². The molecule has 0 atom stereocenters. The van der Waals surface area contributed by atoms with Crippen LogP contribution < -0.4 is 17.0 Å². The van der Waals surface area contributed by atoms with E-state index in [4.69, 9.17) is 5.73 Å². The highest BCUT2D eigenvalue weighted by molar-refractivity contribution is 5.59. The third kappa shape index (κ3) is 1.81. The van der Waals surface area contributed by atoms with Crippen LogP contribution in [0.2, 0.25) is 0 Å². The Morgan fingerprint density at radius 3 is 2.39 bits per heavy atom. The van der Waals surface area contributed by atoms with Gasteiger partial charge in [-0.15, -0.1) is 4.91 Å². The van der Waals surface area contributed by atoms with E-state index in [-0.39, 0.29) is 5.82 Å². The molecule has 0 aliphatic carbocycles. The van der Waals surface area contributed by atoms with Crippen molar-refractivity contribution in [1.82, 2.24) is 9.55 Å². The number of aromatic nitrogens is 2. The first-order valence-corrected chi connectivity index (χ1v) is 5.10. The number of rotatable bonds is 2. The molecule has 18 heavy (non-hydrogen) atoms. The number of nitrogens with two attached hydrogens (primary N) is 1. The number of nitrogens with one attached hydrogen (secondary N) is 1. The van der Waals surface area contributed by atoms with Crippen molar-refractivity contribution in [3.8, 4) is 5.69 Å². The molecule has 0 amide bonds. The zero-order valence-corrected chi connectivity index (χ0v) is 9.51. The molecular weight excluding hydrogens is 236 g/mol. The molecule has 1 aromatic carbocycles. The minimum absolute atomic E-state index is 0.275. The fourth-order valence-corrected chi connectivity index (χ4v) is 1.58. The molecule has 0 spiro atoms. The number of H-pyrrole nitrogens is 1. The topological polar surface area (TPSA) is 110 Å². The summed E-state index contributed by atoms with van der Waals surface area (Å²) in [6.07, 6.45) is 0. The van der Waals surface area contributed by atoms with Gasteiger partial charge in [0.15, 0.2) is 0 Å². The molecule has 7 heteroatoms. The van der Waals surface area contributed by atoms with Crippen molar-refractivity contribution in [2.24, 2.45) is 5.18 Å². The van der Waals surface area contributed by atoms with Crippen LogP contribution in [-0.4, -0.2) is 9.55 Å². The molecule has 3 N–H and O–H groups in total. The maximum atomic E-state index is 11.7. The van der Waals surface area contributed by atoms with Crippen molar-refractivity contribution in [2.45, 2.75) is 6.92 Å². The summed E-state index contributed by atoms with van der Waals surface area (Å²) in [5.41, 5.74) is 4.96. The number of nitrogens with zero attached hydrogens (tertiary/aromatic N) is 2. The Labute approximate surface area is 101 Å². The average molecular weight is 246 g/mol. The molecule has 0 fully saturated rings. The van der Waals surface area contributed by atoms with E-state index >= 15 is 0 Å². The zero-order valence-electron chi connectivity index (χ0n) is 9.51. The highest BCUT2D eigenvalue weighted by atomic mass is 16.3. The molecule has 2 rings (SSSR count). The first-order chi connectivity index (χ1) is 8.54. The van der Waals surface area contributed by atoms with E-state index in [9.17, 15) is 14.5 Å². The third-order valence-electron chi connectivity index (χ3n) is 2.51. The molecule has 92 valence electrons. The molecule has 0 aliphatic heterocycles. The number of nitroso groups, excluding NO2 is 1. The standard InChI is InChI=1S/C11H10N4O3/c1-6-2-4-7(5-3-6)15-9(12)8(14-18)10(16)13-11(15)17/h2-5H,12H2,1H3,(H,13,16,17). The molecule has 1 aromatic heterocycles. The molecular formula is C11H10N4O3. The Hall–Kier alpha value is -2.70. The predicted molar refractivity (Wildman–Crippen MR) is 67.3 cm³/mol. The lowest BCUT2D eigenvalue weighted by Crippen LogP contribution is -2.30. The van der Waals surface area contributed by atoms with Crippen LogP contribution in [0, 0.1) is 11.8 Å². The molecule has 0 bridgehead atoms. The van der Waals surface area contributed by atoms with Crippen molar-refractivity contribution in [3.63, 3.8) is 0 Å². The monoisotopic (exact) mass is 246 g/mol. The van der Waals surface area contributed by atoms with Crippen LogP contribution >= 0.6 is 0 Å². The molecule has 0 saturated carbocycles. The second-order valence-corrected chi connectivity index (χ2v) is 3.76. The summed E-state index contributed by atoms with van der Waals surface area (Å²) >= 11 is 0. The summed E-state index contributed by atoms with van der Waals surface area (Å²) in [7, 11) is 0. The molecule has 0 saturated heterocycles. The van der Waals surface area contributed by atoms with Crippen LogP contribution in [0.5, 0.6) is 0 Å². The van der Waals surface area contributed by atoms with E-state index in [2.05, 4.69) is 5.18 Å². The summed E-state index contributed by atoms with van der Waals surface area (Å²) in [6.45, 7) is 1.89. The van der Waals surface area contributed by atoms with Gasteiger partial charge in [-0.1, -0.05) is 17.7 Å². The van der Waals surface area contributed by atoms with E-state index in [1.54, 1.807) is 24.3 Å². The van der Waals surface area contributed by atoms with Crippen LogP contribution in [0.4, 0.5) is 11.5 Å². The van der Waals surface area contributed by atoms with E-state index in [0.29, 0.717) is 5.69 Å². The number of nitrogen functional groups attached to an aromatic ring is 1. The van der Waals surface area contributed by atoms with Crippen LogP contribution in [0.15, 0.2) is 39.0 Å². The maximum absolute atomic E-state index is 11.7. The molecule has 2 aromatic rings. The Bertz CT molecular complexity index is 713. The van der Waals surface area contributed by atoms with Crippen LogP contribution in [-0.2, 0) is 0 Å². The van der Waals surface area contributed by atoms with E-state index in [0.717, 1.165) is 10.1 Å². The van der Waals surface area contributed by atoms with E-state index in [1.807, 2.05) is 11.9 Å². The molecule has 7 nitrogen and oxygen atoms in total. The summed E-state index contributed by atoms with van der Waals surface area (Å²) < 4.78 is 1.03. The number of aromatic amines is 1. The van der Waals surface area contributed by atoms with Gasteiger partial charge in [-0.2, -0.15) is 0 Å². The first kappa shape index (κ1) is 11.8. The van der Waals surface area contributed by atoms with Gasteiger partial charge in [-0.25, -0.2) is 9.36 Å². The van der Waals surface area contributed by atoms with Gasteiger partial charge >= 0.3 is 5.69 Å². The first-order valence-electron chi connectivity index (χ1n) is 5.10. The summed E-state index contributed by atoms with van der Waals surface area (Å²) in [5.74, 6) is -0.275. The second kappa shape index (κ2) is 4.28.